The van der Waals surface area contributed by atoms with Gasteiger partial charge < -0.3 is 15.5 Å². The zero-order valence-corrected chi connectivity index (χ0v) is 17.2. The molecule has 2 aliphatic rings. The molecule has 0 radical (unpaired) electrons. The molecular weight excluding hydrogens is 371 g/mol. The number of carbonyl (C=O) groups excluding carboxylic acids is 1. The Labute approximate surface area is 169 Å². The molecule has 1 aromatic rings. The molecule has 0 aromatic carbocycles. The van der Waals surface area contributed by atoms with E-state index in [1.165, 1.54) is 25.7 Å². The summed E-state index contributed by atoms with van der Waals surface area (Å²) < 4.78 is 0. The Balaban J connectivity index is 0.00000169. The van der Waals surface area contributed by atoms with Crippen LogP contribution in [0.3, 0.4) is 0 Å². The van der Waals surface area contributed by atoms with E-state index < -0.39 is 0 Å². The fraction of sp³-hybridized carbons (Fsp3) is 0.684. The summed E-state index contributed by atoms with van der Waals surface area (Å²) in [5.74, 6) is 2.35. The first kappa shape index (κ1) is 23.0. The van der Waals surface area contributed by atoms with Gasteiger partial charge in [0.15, 0.2) is 0 Å². The molecule has 2 N–H and O–H groups in total. The number of pyridine rings is 1. The third-order valence-corrected chi connectivity index (χ3v) is 5.43. The summed E-state index contributed by atoms with van der Waals surface area (Å²) in [4.78, 5) is 19.0. The molecule has 5 nitrogen and oxygen atoms in total. The van der Waals surface area contributed by atoms with Gasteiger partial charge in [-0.25, -0.2) is 4.98 Å². The van der Waals surface area contributed by atoms with Crippen LogP contribution in [0.2, 0.25) is 0 Å². The Bertz CT molecular complexity index is 546. The number of amides is 1. The maximum atomic E-state index is 12.3. The van der Waals surface area contributed by atoms with Crippen LogP contribution in [0.25, 0.3) is 0 Å². The molecule has 2 fully saturated rings. The van der Waals surface area contributed by atoms with Crippen molar-refractivity contribution in [1.29, 1.82) is 0 Å². The molecule has 1 unspecified atom stereocenters. The topological polar surface area (TPSA) is 57.3 Å². The van der Waals surface area contributed by atoms with Crippen molar-refractivity contribution in [1.82, 2.24) is 15.6 Å². The van der Waals surface area contributed by atoms with Gasteiger partial charge in [0.05, 0.1) is 0 Å². The molecule has 1 amide bonds. The highest BCUT2D eigenvalue weighted by Crippen LogP contribution is 2.24. The molecule has 1 atom stereocenters. The number of hydrogen-bond donors (Lipinski definition) is 2. The SMILES string of the molecule is CC(CC(=O)NCc1ccnc(N2CCCC2)c1)C1CCNCC1.Cl.Cl. The van der Waals surface area contributed by atoms with Gasteiger partial charge in [-0.1, -0.05) is 6.92 Å². The van der Waals surface area contributed by atoms with Crippen LogP contribution in [-0.2, 0) is 11.3 Å². The zero-order valence-electron chi connectivity index (χ0n) is 15.6. The van der Waals surface area contributed by atoms with Crippen molar-refractivity contribution in [3.63, 3.8) is 0 Å². The van der Waals surface area contributed by atoms with Gasteiger partial charge >= 0.3 is 0 Å². The fourth-order valence-electron chi connectivity index (χ4n) is 3.83. The van der Waals surface area contributed by atoms with E-state index in [2.05, 4.69) is 33.5 Å². The lowest BCUT2D eigenvalue weighted by atomic mass is 9.84. The van der Waals surface area contributed by atoms with Crippen LogP contribution >= 0.6 is 24.8 Å². The number of rotatable bonds is 6. The molecule has 148 valence electrons. The molecule has 1 aromatic heterocycles. The van der Waals surface area contributed by atoms with Crippen LogP contribution in [0.5, 0.6) is 0 Å². The standard InChI is InChI=1S/C19H30N4O.2ClH/c1-15(17-5-7-20-8-6-17)12-19(24)22-14-16-4-9-21-18(13-16)23-10-2-3-11-23;;/h4,9,13,15,17,20H,2-3,5-8,10-12,14H2,1H3,(H,22,24);2*1H. The summed E-state index contributed by atoms with van der Waals surface area (Å²) in [5, 5.41) is 6.47. The molecule has 3 rings (SSSR count). The van der Waals surface area contributed by atoms with Gasteiger partial charge in [0.25, 0.3) is 0 Å². The molecule has 3 heterocycles. The molecule has 0 bridgehead atoms. The fourth-order valence-corrected chi connectivity index (χ4v) is 3.83. The average Bonchev–Trinajstić information content (AvgIpc) is 3.16. The summed E-state index contributed by atoms with van der Waals surface area (Å²) in [5.41, 5.74) is 1.13. The lowest BCUT2D eigenvalue weighted by Crippen LogP contribution is -2.33. The van der Waals surface area contributed by atoms with Gasteiger partial charge in [0, 0.05) is 32.3 Å². The van der Waals surface area contributed by atoms with Gasteiger partial charge in [-0.3, -0.25) is 4.79 Å². The Morgan fingerprint density at radius 3 is 2.69 bits per heavy atom. The smallest absolute Gasteiger partial charge is 0.220 e. The van der Waals surface area contributed by atoms with Crippen LogP contribution in [-0.4, -0.2) is 37.1 Å². The summed E-state index contributed by atoms with van der Waals surface area (Å²) in [6, 6.07) is 4.11. The quantitative estimate of drug-likeness (QED) is 0.766. The van der Waals surface area contributed by atoms with Crippen LogP contribution in [0.15, 0.2) is 18.3 Å². The molecule has 0 spiro atoms. The average molecular weight is 403 g/mol. The number of halogens is 2. The summed E-state index contributed by atoms with van der Waals surface area (Å²) >= 11 is 0. The number of anilines is 1. The van der Waals surface area contributed by atoms with Crippen molar-refractivity contribution in [2.45, 2.75) is 45.6 Å². The summed E-state index contributed by atoms with van der Waals surface area (Å²) in [6.45, 7) is 7.18. The Morgan fingerprint density at radius 1 is 1.31 bits per heavy atom. The van der Waals surface area contributed by atoms with Crippen molar-refractivity contribution in [2.24, 2.45) is 11.8 Å². The molecule has 0 aliphatic carbocycles. The normalized spacial score (nSPS) is 18.6. The number of nitrogens with one attached hydrogen (secondary N) is 2. The molecule has 2 aliphatic heterocycles. The predicted octanol–water partition coefficient (Wildman–Crippen LogP) is 3.17. The van der Waals surface area contributed by atoms with Crippen molar-refractivity contribution in [3.8, 4) is 0 Å². The lowest BCUT2D eigenvalue weighted by molar-refractivity contribution is -0.122. The molecular formula is C19H32Cl2N4O. The number of piperidine rings is 1. The molecule has 0 saturated carbocycles. The van der Waals surface area contributed by atoms with Gasteiger partial charge in [-0.2, -0.15) is 0 Å². The highest BCUT2D eigenvalue weighted by Gasteiger charge is 2.22. The second-order valence-electron chi connectivity index (χ2n) is 7.26. The minimum Gasteiger partial charge on any atom is -0.357 e. The van der Waals surface area contributed by atoms with E-state index in [-0.39, 0.29) is 30.7 Å². The molecule has 26 heavy (non-hydrogen) atoms. The van der Waals surface area contributed by atoms with Crippen LogP contribution in [0, 0.1) is 11.8 Å². The number of nitrogens with zero attached hydrogens (tertiary/aromatic N) is 2. The number of aromatic nitrogens is 1. The van der Waals surface area contributed by atoms with Crippen molar-refractivity contribution in [3.05, 3.63) is 23.9 Å². The predicted molar refractivity (Wildman–Crippen MR) is 111 cm³/mol. The maximum Gasteiger partial charge on any atom is 0.220 e. The molecule has 2 saturated heterocycles. The summed E-state index contributed by atoms with van der Waals surface area (Å²) in [6.07, 6.45) is 7.37. The zero-order chi connectivity index (χ0) is 16.8. The van der Waals surface area contributed by atoms with E-state index in [0.29, 0.717) is 24.8 Å². The van der Waals surface area contributed by atoms with Gasteiger partial charge in [0.2, 0.25) is 5.91 Å². The van der Waals surface area contributed by atoms with E-state index >= 15 is 0 Å². The van der Waals surface area contributed by atoms with Gasteiger partial charge in [-0.15, -0.1) is 24.8 Å². The Morgan fingerprint density at radius 2 is 2.00 bits per heavy atom. The minimum atomic E-state index is 0. The van der Waals surface area contributed by atoms with E-state index in [1.807, 2.05) is 12.3 Å². The lowest BCUT2D eigenvalue weighted by Gasteiger charge is -2.27. The largest absolute Gasteiger partial charge is 0.357 e. The van der Waals surface area contributed by atoms with Crippen LogP contribution in [0.4, 0.5) is 5.82 Å². The number of carbonyl (C=O) groups is 1. The summed E-state index contributed by atoms with van der Waals surface area (Å²) in [7, 11) is 0. The third-order valence-electron chi connectivity index (χ3n) is 5.43. The minimum absolute atomic E-state index is 0. The second-order valence-corrected chi connectivity index (χ2v) is 7.26. The Kier molecular flexibility index (Phi) is 10.3. The van der Waals surface area contributed by atoms with Crippen molar-refractivity contribution >= 4 is 36.5 Å². The van der Waals surface area contributed by atoms with E-state index in [9.17, 15) is 4.79 Å². The Hall–Kier alpha value is -1.04. The first-order chi connectivity index (χ1) is 11.7. The van der Waals surface area contributed by atoms with Crippen molar-refractivity contribution < 1.29 is 4.79 Å². The van der Waals surface area contributed by atoms with E-state index in [0.717, 1.165) is 37.6 Å². The maximum absolute atomic E-state index is 12.3. The van der Waals surface area contributed by atoms with E-state index in [4.69, 9.17) is 0 Å². The third kappa shape index (κ3) is 6.60. The first-order valence-electron chi connectivity index (χ1n) is 9.39. The van der Waals surface area contributed by atoms with Gasteiger partial charge in [-0.05, 0) is 68.3 Å². The molecule has 7 heteroatoms. The highest BCUT2D eigenvalue weighted by molar-refractivity contribution is 5.85. The van der Waals surface area contributed by atoms with Crippen molar-refractivity contribution in [2.75, 3.05) is 31.1 Å². The second kappa shape index (κ2) is 11.6. The first-order valence-corrected chi connectivity index (χ1v) is 9.39. The number of hydrogen-bond acceptors (Lipinski definition) is 4. The van der Waals surface area contributed by atoms with E-state index in [1.54, 1.807) is 0 Å². The highest BCUT2D eigenvalue weighted by atomic mass is 35.5. The van der Waals surface area contributed by atoms with Gasteiger partial charge in [0.1, 0.15) is 5.82 Å². The monoisotopic (exact) mass is 402 g/mol. The van der Waals surface area contributed by atoms with Crippen LogP contribution < -0.4 is 15.5 Å². The van der Waals surface area contributed by atoms with Crippen LogP contribution in [0.1, 0.15) is 44.6 Å².